The summed E-state index contributed by atoms with van der Waals surface area (Å²) in [6.45, 7) is 0. The number of nitrogens with one attached hydrogen (secondary N) is 2. The largest absolute Gasteiger partial charge is 0.321 e. The summed E-state index contributed by atoms with van der Waals surface area (Å²) in [5.41, 5.74) is 1.17. The van der Waals surface area contributed by atoms with E-state index in [1.807, 2.05) is 42.5 Å². The van der Waals surface area contributed by atoms with Crippen molar-refractivity contribution in [2.75, 3.05) is 17.3 Å². The smallest absolute Gasteiger partial charge is 0.311 e. The number of non-ortho nitro benzene ring substituents is 2. The molecule has 176 valence electrons. The highest BCUT2D eigenvalue weighted by Gasteiger charge is 2.31. The van der Waals surface area contributed by atoms with Crippen molar-refractivity contribution in [3.8, 4) is 0 Å². The van der Waals surface area contributed by atoms with Crippen molar-refractivity contribution in [3.05, 3.63) is 104 Å². The van der Waals surface area contributed by atoms with Gasteiger partial charge in [0.05, 0.1) is 33.0 Å². The number of nitrogens with zero attached hydrogens (tertiary/aromatic N) is 4. The number of fused-ring (bicyclic) bond motifs is 1. The van der Waals surface area contributed by atoms with Crippen molar-refractivity contribution in [1.29, 1.82) is 0 Å². The molecule has 0 saturated heterocycles. The van der Waals surface area contributed by atoms with E-state index in [2.05, 4.69) is 15.6 Å². The Kier molecular flexibility index (Phi) is 6.18. The van der Waals surface area contributed by atoms with Crippen LogP contribution in [-0.4, -0.2) is 40.7 Å². The van der Waals surface area contributed by atoms with E-state index in [0.717, 1.165) is 23.8 Å². The quantitative estimate of drug-likeness (QED) is 0.425. The molecule has 35 heavy (non-hydrogen) atoms. The summed E-state index contributed by atoms with van der Waals surface area (Å²) in [7, 11) is 1.56. The van der Waals surface area contributed by atoms with Crippen molar-refractivity contribution in [1.82, 2.24) is 5.32 Å². The van der Waals surface area contributed by atoms with Gasteiger partial charge in [-0.2, -0.15) is 0 Å². The number of anilines is 2. The van der Waals surface area contributed by atoms with Crippen molar-refractivity contribution in [2.24, 2.45) is 4.99 Å². The van der Waals surface area contributed by atoms with Gasteiger partial charge in [0.1, 0.15) is 0 Å². The summed E-state index contributed by atoms with van der Waals surface area (Å²) in [6.07, 6.45) is -1.34. The zero-order valence-corrected chi connectivity index (χ0v) is 18.2. The third-order valence-electron chi connectivity index (χ3n) is 5.24. The molecule has 12 heteroatoms. The van der Waals surface area contributed by atoms with Gasteiger partial charge in [-0.15, -0.1) is 0 Å². The van der Waals surface area contributed by atoms with Crippen LogP contribution >= 0.6 is 0 Å². The lowest BCUT2D eigenvalue weighted by atomic mass is 10.0. The normalized spacial score (nSPS) is 14.9. The van der Waals surface area contributed by atoms with Crippen LogP contribution in [0.15, 0.2) is 77.8 Å². The molecule has 4 rings (SSSR count). The minimum absolute atomic E-state index is 0.187. The van der Waals surface area contributed by atoms with E-state index in [0.29, 0.717) is 17.0 Å². The lowest BCUT2D eigenvalue weighted by Crippen LogP contribution is -2.47. The summed E-state index contributed by atoms with van der Waals surface area (Å²) in [6, 6.07) is 18.1. The Bertz CT molecular complexity index is 1340. The Labute approximate surface area is 198 Å². The van der Waals surface area contributed by atoms with Crippen molar-refractivity contribution >= 4 is 40.4 Å². The number of aliphatic imine (C=N–C) groups is 1. The molecule has 1 unspecified atom stereocenters. The summed E-state index contributed by atoms with van der Waals surface area (Å²) in [4.78, 5) is 52.4. The highest BCUT2D eigenvalue weighted by atomic mass is 16.6. The van der Waals surface area contributed by atoms with Crippen LogP contribution in [-0.2, 0) is 4.79 Å². The number of likely N-dealkylation sites (N-methyl/N-ethyl adjacent to an activating group) is 1. The molecule has 0 saturated carbocycles. The van der Waals surface area contributed by atoms with Crippen molar-refractivity contribution in [3.63, 3.8) is 0 Å². The van der Waals surface area contributed by atoms with Gasteiger partial charge in [-0.1, -0.05) is 48.5 Å². The van der Waals surface area contributed by atoms with Gasteiger partial charge in [0.25, 0.3) is 17.3 Å². The van der Waals surface area contributed by atoms with Gasteiger partial charge in [0, 0.05) is 30.3 Å². The van der Waals surface area contributed by atoms with Gasteiger partial charge in [-0.05, 0) is 6.07 Å². The number of benzodiazepines with no additional fused rings is 1. The first kappa shape index (κ1) is 23.0. The van der Waals surface area contributed by atoms with E-state index in [9.17, 15) is 29.8 Å². The number of para-hydroxylation sites is 1. The van der Waals surface area contributed by atoms with E-state index in [4.69, 9.17) is 0 Å². The van der Waals surface area contributed by atoms with Gasteiger partial charge in [0.15, 0.2) is 0 Å². The van der Waals surface area contributed by atoms with Crippen molar-refractivity contribution < 1.29 is 19.4 Å². The number of hydrogen-bond acceptors (Lipinski definition) is 7. The first-order valence-electron chi connectivity index (χ1n) is 10.3. The standard InChI is InChI=1S/C23H18N6O6/c1-27-19-10-6-5-9-18(19)20(14-7-3-2-4-8-14)25-21(22(27)30)26-23(31)24-15-11-16(28(32)33)13-17(12-15)29(34)35/h2-13,21H,1H3,(H2,24,26,31). The molecular formula is C23H18N6O6. The predicted molar refractivity (Wildman–Crippen MR) is 128 cm³/mol. The Balaban J connectivity index is 1.67. The second-order valence-corrected chi connectivity index (χ2v) is 7.51. The molecule has 0 aliphatic carbocycles. The van der Waals surface area contributed by atoms with Crippen LogP contribution in [0.4, 0.5) is 27.5 Å². The number of urea groups is 1. The van der Waals surface area contributed by atoms with Gasteiger partial charge in [0.2, 0.25) is 6.17 Å². The number of rotatable bonds is 5. The SMILES string of the molecule is CN1C(=O)C(NC(=O)Nc2cc([N+](=O)[O-])cc([N+](=O)[O-])c2)N=C(c2ccccc2)c2ccccc21. The first-order chi connectivity index (χ1) is 16.7. The fraction of sp³-hybridized carbons (Fsp3) is 0.0870. The number of nitro benzene ring substituents is 2. The molecule has 1 aliphatic rings. The van der Waals surface area contributed by atoms with Gasteiger partial charge in [-0.25, -0.2) is 9.79 Å². The molecule has 0 aromatic heterocycles. The topological polar surface area (TPSA) is 160 Å². The zero-order chi connectivity index (χ0) is 25.1. The lowest BCUT2D eigenvalue weighted by molar-refractivity contribution is -0.394. The van der Waals surface area contributed by atoms with Crippen LogP contribution in [0.3, 0.4) is 0 Å². The maximum atomic E-state index is 13.2. The molecule has 3 aromatic carbocycles. The van der Waals surface area contributed by atoms with E-state index in [1.165, 1.54) is 4.90 Å². The second-order valence-electron chi connectivity index (χ2n) is 7.51. The first-order valence-corrected chi connectivity index (χ1v) is 10.3. The molecule has 0 radical (unpaired) electrons. The van der Waals surface area contributed by atoms with Crippen LogP contribution in [0.25, 0.3) is 0 Å². The molecule has 0 spiro atoms. The summed E-state index contributed by atoms with van der Waals surface area (Å²) in [5.74, 6) is -0.524. The third-order valence-corrected chi connectivity index (χ3v) is 5.24. The molecule has 12 nitrogen and oxygen atoms in total. The zero-order valence-electron chi connectivity index (χ0n) is 18.2. The number of benzene rings is 3. The van der Waals surface area contributed by atoms with Gasteiger partial charge in [-0.3, -0.25) is 25.0 Å². The Morgan fingerprint density at radius 2 is 1.54 bits per heavy atom. The van der Waals surface area contributed by atoms with Gasteiger partial charge >= 0.3 is 6.03 Å². The second kappa shape index (κ2) is 9.39. The minimum atomic E-state index is -1.34. The average Bonchev–Trinajstić information content (AvgIpc) is 2.95. The molecule has 1 aliphatic heterocycles. The minimum Gasteiger partial charge on any atom is -0.311 e. The summed E-state index contributed by atoms with van der Waals surface area (Å²) < 4.78 is 0. The van der Waals surface area contributed by atoms with Crippen LogP contribution in [0.2, 0.25) is 0 Å². The van der Waals surface area contributed by atoms with E-state index >= 15 is 0 Å². The van der Waals surface area contributed by atoms with Crippen molar-refractivity contribution in [2.45, 2.75) is 6.17 Å². The van der Waals surface area contributed by atoms with E-state index in [-0.39, 0.29) is 5.69 Å². The van der Waals surface area contributed by atoms with Crippen LogP contribution < -0.4 is 15.5 Å². The fourth-order valence-corrected chi connectivity index (χ4v) is 3.61. The van der Waals surface area contributed by atoms with E-state index < -0.39 is 39.3 Å². The highest BCUT2D eigenvalue weighted by Crippen LogP contribution is 2.28. The van der Waals surface area contributed by atoms with Crippen LogP contribution in [0, 0.1) is 20.2 Å². The maximum Gasteiger partial charge on any atom is 0.321 e. The molecule has 0 fully saturated rings. The molecule has 1 heterocycles. The fourth-order valence-electron chi connectivity index (χ4n) is 3.61. The number of amides is 3. The molecule has 0 bridgehead atoms. The molecule has 1 atom stereocenters. The Morgan fingerprint density at radius 1 is 0.943 bits per heavy atom. The average molecular weight is 474 g/mol. The Morgan fingerprint density at radius 3 is 2.17 bits per heavy atom. The molecule has 2 N–H and O–H groups in total. The van der Waals surface area contributed by atoms with E-state index in [1.54, 1.807) is 19.2 Å². The highest BCUT2D eigenvalue weighted by molar-refractivity contribution is 6.20. The number of nitro groups is 2. The lowest BCUT2D eigenvalue weighted by Gasteiger charge is -2.21. The number of carbonyl (C=O) groups excluding carboxylic acids is 2. The molecular weight excluding hydrogens is 456 g/mol. The monoisotopic (exact) mass is 474 g/mol. The van der Waals surface area contributed by atoms with Gasteiger partial charge < -0.3 is 15.5 Å². The Hall–Kier alpha value is -5.13. The third kappa shape index (κ3) is 4.80. The summed E-state index contributed by atoms with van der Waals surface area (Å²) >= 11 is 0. The molecule has 3 amide bonds. The van der Waals surface area contributed by atoms with Crippen LogP contribution in [0.5, 0.6) is 0 Å². The molecule has 3 aromatic rings. The predicted octanol–water partition coefficient (Wildman–Crippen LogP) is 3.46. The maximum absolute atomic E-state index is 13.2. The van der Waals surface area contributed by atoms with Crippen LogP contribution in [0.1, 0.15) is 11.1 Å². The number of carbonyl (C=O) groups is 2. The number of hydrogen-bond donors (Lipinski definition) is 2. The summed E-state index contributed by atoms with van der Waals surface area (Å²) in [5, 5.41) is 27.0.